The van der Waals surface area contributed by atoms with Crippen molar-refractivity contribution in [3.8, 4) is 17.1 Å². The molecule has 0 bridgehead atoms. The number of benzene rings is 3. The molecule has 1 aliphatic rings. The van der Waals surface area contributed by atoms with Crippen LogP contribution in [0.4, 0.5) is 11.5 Å². The van der Waals surface area contributed by atoms with Gasteiger partial charge in [-0.1, -0.05) is 30.3 Å². The predicted molar refractivity (Wildman–Crippen MR) is 133 cm³/mol. The first-order valence-corrected chi connectivity index (χ1v) is 11.1. The summed E-state index contributed by atoms with van der Waals surface area (Å²) in [7, 11) is 0. The summed E-state index contributed by atoms with van der Waals surface area (Å²) in [6.07, 6.45) is 1.71. The number of nitrogens with zero attached hydrogens (tertiary/aromatic N) is 3. The fraction of sp³-hybridized carbons (Fsp3) is 0.185. The average molecular weight is 453 g/mol. The van der Waals surface area contributed by atoms with E-state index in [0.717, 1.165) is 34.3 Å². The second-order valence-electron chi connectivity index (χ2n) is 8.28. The van der Waals surface area contributed by atoms with Gasteiger partial charge in [0.25, 0.3) is 0 Å². The SMILES string of the molecule is CC(C)OC(=O)COc1cccc(-c2nc(Nc3ccc4c(c3)C=NC4)c3ccccc3n2)c1. The molecule has 1 aromatic heterocycles. The standard InChI is InChI=1S/C27H24N4O3/c1-17(2)34-25(32)16-33-22-7-5-6-18(13-22)26-30-24-9-4-3-8-23(24)27(31-26)29-21-11-10-19-14-28-15-20(19)12-21/h3-13,15,17H,14,16H2,1-2H3,(H,29,30,31). The van der Waals surface area contributed by atoms with E-state index < -0.39 is 5.97 Å². The fourth-order valence-corrected chi connectivity index (χ4v) is 3.78. The highest BCUT2D eigenvalue weighted by atomic mass is 16.6. The third-order valence-electron chi connectivity index (χ3n) is 5.32. The van der Waals surface area contributed by atoms with E-state index >= 15 is 0 Å². The van der Waals surface area contributed by atoms with Gasteiger partial charge in [0.05, 0.1) is 18.2 Å². The largest absolute Gasteiger partial charge is 0.482 e. The van der Waals surface area contributed by atoms with Crippen LogP contribution in [-0.2, 0) is 16.1 Å². The van der Waals surface area contributed by atoms with Crippen molar-refractivity contribution >= 4 is 34.6 Å². The number of nitrogens with one attached hydrogen (secondary N) is 1. The number of carbonyl (C=O) groups is 1. The van der Waals surface area contributed by atoms with Crippen molar-refractivity contribution < 1.29 is 14.3 Å². The van der Waals surface area contributed by atoms with E-state index in [1.807, 2.05) is 54.7 Å². The minimum atomic E-state index is -0.409. The maximum atomic E-state index is 11.8. The molecule has 4 aromatic rings. The second-order valence-corrected chi connectivity index (χ2v) is 8.28. The maximum absolute atomic E-state index is 11.8. The van der Waals surface area contributed by atoms with E-state index in [4.69, 9.17) is 19.4 Å². The van der Waals surface area contributed by atoms with Gasteiger partial charge in [0.15, 0.2) is 12.4 Å². The van der Waals surface area contributed by atoms with E-state index in [2.05, 4.69) is 22.4 Å². The Labute approximate surface area is 197 Å². The van der Waals surface area contributed by atoms with Crippen molar-refractivity contribution in [2.75, 3.05) is 11.9 Å². The quantitative estimate of drug-likeness (QED) is 0.383. The Morgan fingerprint density at radius 2 is 1.91 bits per heavy atom. The molecule has 1 N–H and O–H groups in total. The molecule has 0 radical (unpaired) electrons. The topological polar surface area (TPSA) is 85.7 Å². The highest BCUT2D eigenvalue weighted by Crippen LogP contribution is 2.29. The molecule has 0 fully saturated rings. The number of fused-ring (bicyclic) bond motifs is 2. The van der Waals surface area contributed by atoms with Crippen LogP contribution in [0.1, 0.15) is 25.0 Å². The molecule has 0 atom stereocenters. The van der Waals surface area contributed by atoms with Gasteiger partial charge in [0.1, 0.15) is 11.6 Å². The van der Waals surface area contributed by atoms with E-state index in [1.165, 1.54) is 5.56 Å². The van der Waals surface area contributed by atoms with Crippen molar-refractivity contribution in [2.24, 2.45) is 4.99 Å². The first-order valence-electron chi connectivity index (χ1n) is 11.1. The Hall–Kier alpha value is -4.26. The van der Waals surface area contributed by atoms with Crippen LogP contribution in [0.15, 0.2) is 71.7 Å². The van der Waals surface area contributed by atoms with Crippen molar-refractivity contribution in [1.82, 2.24) is 9.97 Å². The molecule has 0 saturated carbocycles. The van der Waals surface area contributed by atoms with Gasteiger partial charge < -0.3 is 14.8 Å². The van der Waals surface area contributed by atoms with Crippen molar-refractivity contribution in [3.63, 3.8) is 0 Å². The van der Waals surface area contributed by atoms with E-state index in [0.29, 0.717) is 17.4 Å². The molecule has 7 heteroatoms. The molecule has 3 aromatic carbocycles. The molecule has 7 nitrogen and oxygen atoms in total. The van der Waals surface area contributed by atoms with Gasteiger partial charge in [-0.25, -0.2) is 14.8 Å². The number of hydrogen-bond acceptors (Lipinski definition) is 7. The lowest BCUT2D eigenvalue weighted by Crippen LogP contribution is -2.18. The van der Waals surface area contributed by atoms with Gasteiger partial charge in [-0.15, -0.1) is 0 Å². The Morgan fingerprint density at radius 1 is 1.03 bits per heavy atom. The summed E-state index contributed by atoms with van der Waals surface area (Å²) < 4.78 is 10.8. The number of hydrogen-bond donors (Lipinski definition) is 1. The molecule has 170 valence electrons. The summed E-state index contributed by atoms with van der Waals surface area (Å²) in [6.45, 7) is 4.17. The van der Waals surface area contributed by atoms with Crippen molar-refractivity contribution in [1.29, 1.82) is 0 Å². The molecule has 34 heavy (non-hydrogen) atoms. The number of aliphatic imine (C=N–C) groups is 1. The monoisotopic (exact) mass is 452 g/mol. The van der Waals surface area contributed by atoms with Crippen LogP contribution in [0, 0.1) is 0 Å². The molecular formula is C27H24N4O3. The van der Waals surface area contributed by atoms with E-state index in [1.54, 1.807) is 19.9 Å². The Morgan fingerprint density at radius 3 is 2.79 bits per heavy atom. The Balaban J connectivity index is 1.45. The minimum Gasteiger partial charge on any atom is -0.482 e. The summed E-state index contributed by atoms with van der Waals surface area (Å²) >= 11 is 0. The van der Waals surface area contributed by atoms with Gasteiger partial charge in [0, 0.05) is 22.9 Å². The highest BCUT2D eigenvalue weighted by molar-refractivity contribution is 5.93. The third-order valence-corrected chi connectivity index (χ3v) is 5.32. The summed E-state index contributed by atoms with van der Waals surface area (Å²) in [5, 5.41) is 4.38. The van der Waals surface area contributed by atoms with Gasteiger partial charge in [-0.3, -0.25) is 4.99 Å². The van der Waals surface area contributed by atoms with Gasteiger partial charge >= 0.3 is 5.97 Å². The van der Waals surface area contributed by atoms with E-state index in [9.17, 15) is 4.79 Å². The smallest absolute Gasteiger partial charge is 0.344 e. The fourth-order valence-electron chi connectivity index (χ4n) is 3.78. The molecular weight excluding hydrogens is 428 g/mol. The Bertz CT molecular complexity index is 1400. The van der Waals surface area contributed by atoms with Crippen LogP contribution < -0.4 is 10.1 Å². The van der Waals surface area contributed by atoms with Crippen LogP contribution in [-0.4, -0.2) is 34.9 Å². The summed E-state index contributed by atoms with van der Waals surface area (Å²) in [5.41, 5.74) is 4.87. The molecule has 0 spiro atoms. The Kier molecular flexibility index (Phi) is 5.91. The lowest BCUT2D eigenvalue weighted by Gasteiger charge is -2.13. The zero-order valence-electron chi connectivity index (χ0n) is 19.0. The molecule has 5 rings (SSSR count). The van der Waals surface area contributed by atoms with Crippen LogP contribution in [0.3, 0.4) is 0 Å². The van der Waals surface area contributed by atoms with Crippen LogP contribution in [0.2, 0.25) is 0 Å². The van der Waals surface area contributed by atoms with Crippen LogP contribution in [0.25, 0.3) is 22.3 Å². The number of para-hydroxylation sites is 1. The first kappa shape index (κ1) is 21.6. The lowest BCUT2D eigenvalue weighted by molar-refractivity contribution is -0.149. The number of esters is 1. The highest BCUT2D eigenvalue weighted by Gasteiger charge is 2.13. The van der Waals surface area contributed by atoms with Crippen molar-refractivity contribution in [2.45, 2.75) is 26.5 Å². The molecule has 2 heterocycles. The van der Waals surface area contributed by atoms with Gasteiger partial charge in [-0.2, -0.15) is 0 Å². The van der Waals surface area contributed by atoms with E-state index in [-0.39, 0.29) is 12.7 Å². The van der Waals surface area contributed by atoms with Crippen LogP contribution in [0.5, 0.6) is 5.75 Å². The lowest BCUT2D eigenvalue weighted by atomic mass is 10.1. The predicted octanol–water partition coefficient (Wildman–Crippen LogP) is 5.30. The second kappa shape index (κ2) is 9.31. The molecule has 0 amide bonds. The maximum Gasteiger partial charge on any atom is 0.344 e. The number of rotatable bonds is 7. The number of aromatic nitrogens is 2. The minimum absolute atomic E-state index is 0.158. The van der Waals surface area contributed by atoms with Crippen LogP contribution >= 0.6 is 0 Å². The zero-order chi connectivity index (χ0) is 23.5. The third kappa shape index (κ3) is 4.73. The molecule has 0 aliphatic carbocycles. The summed E-state index contributed by atoms with van der Waals surface area (Å²) in [4.78, 5) is 25.8. The number of ether oxygens (including phenoxy) is 2. The summed E-state index contributed by atoms with van der Waals surface area (Å²) in [5.74, 6) is 1.40. The molecule has 0 saturated heterocycles. The molecule has 1 aliphatic heterocycles. The summed E-state index contributed by atoms with van der Waals surface area (Å²) in [6, 6.07) is 21.5. The van der Waals surface area contributed by atoms with Crippen molar-refractivity contribution in [3.05, 3.63) is 77.9 Å². The zero-order valence-corrected chi connectivity index (χ0v) is 19.0. The first-order chi connectivity index (χ1) is 16.5. The number of anilines is 2. The van der Waals surface area contributed by atoms with Gasteiger partial charge in [-0.05, 0) is 61.4 Å². The van der Waals surface area contributed by atoms with Gasteiger partial charge in [0.2, 0.25) is 0 Å². The molecule has 0 unspecified atom stereocenters. The normalized spacial score (nSPS) is 12.1. The number of carbonyl (C=O) groups excluding carboxylic acids is 1. The average Bonchev–Trinajstić information content (AvgIpc) is 3.30.